The first-order chi connectivity index (χ1) is 7.43. The zero-order valence-electron chi connectivity index (χ0n) is 11.6. The molecule has 0 aromatic heterocycles. The Labute approximate surface area is 112 Å². The molecule has 102 valence electrons. The molecule has 1 atom stereocenters. The second-order valence-electron chi connectivity index (χ2n) is 5.99. The standard InChI is InChI=1S/C7H15N.C7H12O.ClH/c2*1-5(2)7(8)6-3-4-6;/h5-7H,3-4,8H2,1-2H3;5-6H,3-4H2,1-2H3;1H. The molecular formula is C14H28ClNO. The molecule has 2 saturated carbocycles. The average Bonchev–Trinajstić information content (AvgIpc) is 3.03. The van der Waals surface area contributed by atoms with E-state index in [1.54, 1.807) is 0 Å². The van der Waals surface area contributed by atoms with Crippen LogP contribution in [-0.4, -0.2) is 11.8 Å². The van der Waals surface area contributed by atoms with E-state index in [2.05, 4.69) is 13.8 Å². The van der Waals surface area contributed by atoms with Gasteiger partial charge in [-0.1, -0.05) is 27.7 Å². The van der Waals surface area contributed by atoms with Crippen LogP contribution < -0.4 is 5.73 Å². The van der Waals surface area contributed by atoms with Gasteiger partial charge in [-0.2, -0.15) is 0 Å². The van der Waals surface area contributed by atoms with Gasteiger partial charge >= 0.3 is 0 Å². The smallest absolute Gasteiger partial charge is 0.138 e. The van der Waals surface area contributed by atoms with Crippen molar-refractivity contribution in [2.24, 2.45) is 29.4 Å². The van der Waals surface area contributed by atoms with Crippen molar-refractivity contribution in [2.75, 3.05) is 0 Å². The Balaban J connectivity index is 0.000000284. The SMILES string of the molecule is CC(C)C(=O)C1CC1.CC(C)C(N)C1CC1.Cl. The van der Waals surface area contributed by atoms with Crippen molar-refractivity contribution in [3.05, 3.63) is 0 Å². The molecule has 2 N–H and O–H groups in total. The highest BCUT2D eigenvalue weighted by Crippen LogP contribution is 2.34. The van der Waals surface area contributed by atoms with Gasteiger partial charge in [0, 0.05) is 17.9 Å². The summed E-state index contributed by atoms with van der Waals surface area (Å²) in [6.07, 6.45) is 5.05. The molecule has 0 aromatic rings. The number of hydrogen-bond donors (Lipinski definition) is 1. The van der Waals surface area contributed by atoms with Crippen molar-refractivity contribution in [1.82, 2.24) is 0 Å². The van der Waals surface area contributed by atoms with Gasteiger partial charge in [-0.3, -0.25) is 4.79 Å². The first kappa shape index (κ1) is 16.9. The van der Waals surface area contributed by atoms with Crippen molar-refractivity contribution in [3.63, 3.8) is 0 Å². The summed E-state index contributed by atoms with van der Waals surface area (Å²) in [6, 6.07) is 0.481. The van der Waals surface area contributed by atoms with E-state index in [1.165, 1.54) is 12.8 Å². The fourth-order valence-electron chi connectivity index (χ4n) is 1.86. The molecule has 2 nitrogen and oxygen atoms in total. The van der Waals surface area contributed by atoms with Crippen molar-refractivity contribution in [1.29, 1.82) is 0 Å². The number of ketones is 1. The summed E-state index contributed by atoms with van der Waals surface area (Å²) in [6.45, 7) is 8.34. The van der Waals surface area contributed by atoms with Crippen LogP contribution in [0.3, 0.4) is 0 Å². The average molecular weight is 262 g/mol. The van der Waals surface area contributed by atoms with Crippen LogP contribution in [0, 0.1) is 23.7 Å². The molecule has 0 aromatic carbocycles. The van der Waals surface area contributed by atoms with E-state index in [9.17, 15) is 4.79 Å². The summed E-state index contributed by atoms with van der Waals surface area (Å²) < 4.78 is 0. The molecule has 3 heteroatoms. The number of Topliss-reactive ketones (excluding diaryl/α,β-unsaturated/α-hetero) is 1. The molecule has 2 aliphatic rings. The topological polar surface area (TPSA) is 43.1 Å². The number of rotatable bonds is 4. The maximum absolute atomic E-state index is 10.9. The lowest BCUT2D eigenvalue weighted by Gasteiger charge is -2.12. The van der Waals surface area contributed by atoms with E-state index >= 15 is 0 Å². The van der Waals surface area contributed by atoms with E-state index in [1.807, 2.05) is 13.8 Å². The van der Waals surface area contributed by atoms with Crippen LogP contribution in [0.1, 0.15) is 53.4 Å². The summed E-state index contributed by atoms with van der Waals surface area (Å²) in [5, 5.41) is 0. The number of carbonyl (C=O) groups excluding carboxylic acids is 1. The number of nitrogens with two attached hydrogens (primary N) is 1. The first-order valence-electron chi connectivity index (χ1n) is 6.72. The third kappa shape index (κ3) is 6.42. The minimum atomic E-state index is 0. The van der Waals surface area contributed by atoms with Crippen LogP contribution in [0.15, 0.2) is 0 Å². The molecule has 2 aliphatic carbocycles. The predicted molar refractivity (Wildman–Crippen MR) is 75.4 cm³/mol. The van der Waals surface area contributed by atoms with Gasteiger partial charge < -0.3 is 5.73 Å². The highest BCUT2D eigenvalue weighted by molar-refractivity contribution is 5.85. The maximum atomic E-state index is 10.9. The molecular weight excluding hydrogens is 234 g/mol. The van der Waals surface area contributed by atoms with Crippen LogP contribution >= 0.6 is 12.4 Å². The van der Waals surface area contributed by atoms with E-state index in [0.29, 0.717) is 23.7 Å². The van der Waals surface area contributed by atoms with Gasteiger partial charge in [-0.15, -0.1) is 12.4 Å². The zero-order valence-corrected chi connectivity index (χ0v) is 12.4. The van der Waals surface area contributed by atoms with E-state index in [-0.39, 0.29) is 18.3 Å². The van der Waals surface area contributed by atoms with Crippen LogP contribution in [0.5, 0.6) is 0 Å². The third-order valence-corrected chi connectivity index (χ3v) is 3.48. The molecule has 0 bridgehead atoms. The summed E-state index contributed by atoms with van der Waals surface area (Å²) in [7, 11) is 0. The molecule has 17 heavy (non-hydrogen) atoms. The first-order valence-corrected chi connectivity index (χ1v) is 6.72. The minimum Gasteiger partial charge on any atom is -0.327 e. The molecule has 0 heterocycles. The van der Waals surface area contributed by atoms with Crippen LogP contribution in [-0.2, 0) is 4.79 Å². The fourth-order valence-corrected chi connectivity index (χ4v) is 1.86. The second-order valence-corrected chi connectivity index (χ2v) is 5.99. The van der Waals surface area contributed by atoms with Crippen LogP contribution in [0.4, 0.5) is 0 Å². The Bertz CT molecular complexity index is 226. The van der Waals surface area contributed by atoms with Gasteiger partial charge in [0.25, 0.3) is 0 Å². The predicted octanol–water partition coefficient (Wildman–Crippen LogP) is 3.42. The molecule has 0 spiro atoms. The van der Waals surface area contributed by atoms with Crippen molar-refractivity contribution in [2.45, 2.75) is 59.4 Å². The van der Waals surface area contributed by atoms with Crippen molar-refractivity contribution < 1.29 is 4.79 Å². The third-order valence-electron chi connectivity index (χ3n) is 3.48. The highest BCUT2D eigenvalue weighted by Gasteiger charge is 2.30. The summed E-state index contributed by atoms with van der Waals surface area (Å²) >= 11 is 0. The fraction of sp³-hybridized carbons (Fsp3) is 0.929. The van der Waals surface area contributed by atoms with Gasteiger partial charge in [0.2, 0.25) is 0 Å². The lowest BCUT2D eigenvalue weighted by Crippen LogP contribution is -2.28. The van der Waals surface area contributed by atoms with Crippen LogP contribution in [0.25, 0.3) is 0 Å². The molecule has 2 fully saturated rings. The zero-order chi connectivity index (χ0) is 12.3. The second kappa shape index (κ2) is 7.38. The normalized spacial score (nSPS) is 20.4. The van der Waals surface area contributed by atoms with Crippen molar-refractivity contribution in [3.8, 4) is 0 Å². The largest absolute Gasteiger partial charge is 0.327 e. The van der Waals surface area contributed by atoms with Gasteiger partial charge in [-0.25, -0.2) is 0 Å². The van der Waals surface area contributed by atoms with E-state index in [4.69, 9.17) is 5.73 Å². The lowest BCUT2D eigenvalue weighted by atomic mass is 10.0. The van der Waals surface area contributed by atoms with Gasteiger partial charge in [0.05, 0.1) is 0 Å². The van der Waals surface area contributed by atoms with Crippen molar-refractivity contribution >= 4 is 18.2 Å². The summed E-state index contributed by atoms with van der Waals surface area (Å²) in [5.74, 6) is 2.74. The Morgan fingerprint density at radius 1 is 1.06 bits per heavy atom. The monoisotopic (exact) mass is 261 g/mol. The minimum absolute atomic E-state index is 0. The van der Waals surface area contributed by atoms with Gasteiger partial charge in [0.1, 0.15) is 5.78 Å². The number of halogens is 1. The van der Waals surface area contributed by atoms with E-state index < -0.39 is 0 Å². The summed E-state index contributed by atoms with van der Waals surface area (Å²) in [5.41, 5.74) is 5.82. The molecule has 1 unspecified atom stereocenters. The molecule has 0 saturated heterocycles. The lowest BCUT2D eigenvalue weighted by molar-refractivity contribution is -0.123. The molecule has 2 rings (SSSR count). The number of carbonyl (C=O) groups is 1. The molecule has 0 aliphatic heterocycles. The Morgan fingerprint density at radius 2 is 1.53 bits per heavy atom. The van der Waals surface area contributed by atoms with Crippen LogP contribution in [0.2, 0.25) is 0 Å². The maximum Gasteiger partial charge on any atom is 0.138 e. The number of hydrogen-bond acceptors (Lipinski definition) is 2. The van der Waals surface area contributed by atoms with Gasteiger partial charge in [-0.05, 0) is 37.5 Å². The Kier molecular flexibility index (Phi) is 7.34. The Morgan fingerprint density at radius 3 is 1.65 bits per heavy atom. The highest BCUT2D eigenvalue weighted by atomic mass is 35.5. The van der Waals surface area contributed by atoms with E-state index in [0.717, 1.165) is 18.8 Å². The quantitative estimate of drug-likeness (QED) is 0.843. The van der Waals surface area contributed by atoms with Gasteiger partial charge in [0.15, 0.2) is 0 Å². The Hall–Kier alpha value is -0.0800. The molecule has 0 radical (unpaired) electrons. The summed E-state index contributed by atoms with van der Waals surface area (Å²) in [4.78, 5) is 10.9. The molecule has 0 amide bonds.